The van der Waals surface area contributed by atoms with Gasteiger partial charge in [0.05, 0.1) is 10.6 Å². The highest BCUT2D eigenvalue weighted by Gasteiger charge is 2.22. The smallest absolute Gasteiger partial charge is 0.300 e. The van der Waals surface area contributed by atoms with Crippen LogP contribution in [0.2, 0.25) is 0 Å². The molecule has 0 atom stereocenters. The molecule has 0 aliphatic carbocycles. The zero-order chi connectivity index (χ0) is 12.6. The molecule has 0 radical (unpaired) electrons. The number of halogens is 1. The minimum atomic E-state index is -0.747. The van der Waals surface area contributed by atoms with Crippen LogP contribution in [0.4, 0.5) is 16.2 Å². The molecule has 0 unspecified atom stereocenters. The number of carbonyl (C=O) groups is 1. The number of benzene rings is 1. The van der Waals surface area contributed by atoms with Crippen LogP contribution in [0.1, 0.15) is 0 Å². The van der Waals surface area contributed by atoms with Crippen LogP contribution in [0.5, 0.6) is 0 Å². The Morgan fingerprint density at radius 1 is 1.47 bits per heavy atom. The van der Waals surface area contributed by atoms with Gasteiger partial charge in [-0.25, -0.2) is 4.63 Å². The van der Waals surface area contributed by atoms with E-state index in [1.807, 2.05) is 0 Å². The summed E-state index contributed by atoms with van der Waals surface area (Å²) in [6.07, 6.45) is 0. The van der Waals surface area contributed by atoms with Crippen molar-refractivity contribution in [3.8, 4) is 0 Å². The third-order valence-corrected chi connectivity index (χ3v) is 2.45. The van der Waals surface area contributed by atoms with Crippen molar-refractivity contribution in [2.75, 3.05) is 11.9 Å². The molecule has 2 rings (SSSR count). The minimum absolute atomic E-state index is 0.0303. The molecule has 2 aromatic rings. The molecule has 17 heavy (non-hydrogen) atoms. The van der Waals surface area contributed by atoms with Crippen LogP contribution in [-0.2, 0) is 0 Å². The van der Waals surface area contributed by atoms with E-state index in [4.69, 9.17) is 11.6 Å². The lowest BCUT2D eigenvalue weighted by molar-refractivity contribution is -0.383. The first-order valence-corrected chi connectivity index (χ1v) is 4.73. The van der Waals surface area contributed by atoms with E-state index in [2.05, 4.69) is 14.9 Å². The SMILES string of the molecule is CN(C(=O)Cl)c1ccc([N+](=O)[O-])c2nonc12. The average Bonchev–Trinajstić information content (AvgIpc) is 2.74. The number of fused-ring (bicyclic) bond motifs is 1. The van der Waals surface area contributed by atoms with Crippen molar-refractivity contribution in [2.45, 2.75) is 0 Å². The Hall–Kier alpha value is -2.22. The Labute approximate surface area is 98.9 Å². The van der Waals surface area contributed by atoms with E-state index in [1.54, 1.807) is 0 Å². The number of rotatable bonds is 2. The van der Waals surface area contributed by atoms with Crippen LogP contribution in [-0.4, -0.2) is 27.7 Å². The highest BCUT2D eigenvalue weighted by molar-refractivity contribution is 6.66. The number of nitrogens with zero attached hydrogens (tertiary/aromatic N) is 4. The highest BCUT2D eigenvalue weighted by Crippen LogP contribution is 2.30. The third kappa shape index (κ3) is 1.78. The molecular weight excluding hydrogens is 252 g/mol. The van der Waals surface area contributed by atoms with E-state index in [0.717, 1.165) is 4.90 Å². The predicted molar refractivity (Wildman–Crippen MR) is 58.1 cm³/mol. The summed E-state index contributed by atoms with van der Waals surface area (Å²) < 4.78 is 4.44. The molecule has 8 nitrogen and oxygen atoms in total. The molecule has 88 valence electrons. The van der Waals surface area contributed by atoms with Crippen LogP contribution in [0.25, 0.3) is 11.0 Å². The summed E-state index contributed by atoms with van der Waals surface area (Å²) >= 11 is 5.31. The number of hydrogen-bond acceptors (Lipinski definition) is 6. The van der Waals surface area contributed by atoms with Crippen molar-refractivity contribution in [1.29, 1.82) is 0 Å². The predicted octanol–water partition coefficient (Wildman–Crippen LogP) is 1.93. The van der Waals surface area contributed by atoms with E-state index >= 15 is 0 Å². The van der Waals surface area contributed by atoms with Crippen LogP contribution >= 0.6 is 11.6 Å². The fourth-order valence-electron chi connectivity index (χ4n) is 1.35. The second-order valence-corrected chi connectivity index (χ2v) is 3.46. The average molecular weight is 257 g/mol. The number of anilines is 1. The summed E-state index contributed by atoms with van der Waals surface area (Å²) in [4.78, 5) is 22.2. The highest BCUT2D eigenvalue weighted by atomic mass is 35.5. The molecule has 0 saturated carbocycles. The fraction of sp³-hybridized carbons (Fsp3) is 0.125. The number of carbonyl (C=O) groups excluding carboxylic acids is 1. The van der Waals surface area contributed by atoms with Crippen LogP contribution in [0.3, 0.4) is 0 Å². The van der Waals surface area contributed by atoms with Gasteiger partial charge in [-0.3, -0.25) is 19.8 Å². The number of nitro benzene ring substituents is 1. The maximum atomic E-state index is 11.0. The van der Waals surface area contributed by atoms with Crippen LogP contribution < -0.4 is 4.90 Å². The topological polar surface area (TPSA) is 102 Å². The maximum absolute atomic E-state index is 11.0. The van der Waals surface area contributed by atoms with Crippen LogP contribution in [0, 0.1) is 10.1 Å². The molecule has 0 aliphatic rings. The monoisotopic (exact) mass is 256 g/mol. The fourth-order valence-corrected chi connectivity index (χ4v) is 1.44. The molecule has 0 spiro atoms. The Kier molecular flexibility index (Phi) is 2.64. The normalized spacial score (nSPS) is 10.5. The van der Waals surface area contributed by atoms with Gasteiger partial charge < -0.3 is 0 Å². The first-order chi connectivity index (χ1) is 8.02. The van der Waals surface area contributed by atoms with Gasteiger partial charge in [-0.1, -0.05) is 0 Å². The molecule has 0 saturated heterocycles. The zero-order valence-electron chi connectivity index (χ0n) is 8.45. The van der Waals surface area contributed by atoms with Crippen molar-refractivity contribution in [3.05, 3.63) is 22.2 Å². The Bertz CT molecular complexity index is 611. The quantitative estimate of drug-likeness (QED) is 0.352. The van der Waals surface area contributed by atoms with Crippen LogP contribution in [0.15, 0.2) is 16.8 Å². The maximum Gasteiger partial charge on any atom is 0.320 e. The lowest BCUT2D eigenvalue weighted by atomic mass is 10.2. The standard InChI is InChI=1S/C8H5ClN4O4/c1-12(8(9)14)4-2-3-5(13(15)16)7-6(4)10-17-11-7/h2-3H,1H3. The van der Waals surface area contributed by atoms with Crippen molar-refractivity contribution in [3.63, 3.8) is 0 Å². The van der Waals surface area contributed by atoms with Crippen molar-refractivity contribution in [1.82, 2.24) is 10.3 Å². The van der Waals surface area contributed by atoms with Gasteiger partial charge in [0.15, 0.2) is 5.52 Å². The molecule has 0 bridgehead atoms. The third-order valence-electron chi connectivity index (χ3n) is 2.19. The van der Waals surface area contributed by atoms with E-state index < -0.39 is 10.3 Å². The molecule has 1 amide bonds. The summed E-state index contributed by atoms with van der Waals surface area (Å²) in [6, 6.07) is 2.56. The first-order valence-electron chi connectivity index (χ1n) is 4.35. The number of amides is 1. The number of hydrogen-bond donors (Lipinski definition) is 0. The van der Waals surface area contributed by atoms with Gasteiger partial charge in [0.1, 0.15) is 0 Å². The van der Waals surface area contributed by atoms with Gasteiger partial charge in [-0.2, -0.15) is 0 Å². The first kappa shape index (κ1) is 11.3. The van der Waals surface area contributed by atoms with Crippen molar-refractivity contribution < 1.29 is 14.3 Å². The molecule has 1 aromatic carbocycles. The Morgan fingerprint density at radius 3 is 2.71 bits per heavy atom. The second kappa shape index (κ2) is 3.98. The Morgan fingerprint density at radius 2 is 2.12 bits per heavy atom. The molecule has 1 heterocycles. The Balaban J connectivity index is 2.69. The van der Waals surface area contributed by atoms with E-state index in [9.17, 15) is 14.9 Å². The summed E-state index contributed by atoms with van der Waals surface area (Å²) in [6.45, 7) is 0. The molecule has 0 N–H and O–H groups in total. The number of non-ortho nitro benzene ring substituents is 1. The lowest BCUT2D eigenvalue weighted by Gasteiger charge is -2.12. The summed E-state index contributed by atoms with van der Waals surface area (Å²) in [5.41, 5.74) is 0.111. The number of nitro groups is 1. The zero-order valence-corrected chi connectivity index (χ0v) is 9.21. The second-order valence-electron chi connectivity index (χ2n) is 3.13. The molecule has 9 heteroatoms. The summed E-state index contributed by atoms with van der Waals surface area (Å²) in [7, 11) is 1.41. The van der Waals surface area contributed by atoms with Gasteiger partial charge in [0.2, 0.25) is 5.52 Å². The summed E-state index contributed by atoms with van der Waals surface area (Å²) in [5, 5.41) is 16.9. The van der Waals surface area contributed by atoms with Gasteiger partial charge in [-0.05, 0) is 28.0 Å². The van der Waals surface area contributed by atoms with Gasteiger partial charge in [0, 0.05) is 13.1 Å². The van der Waals surface area contributed by atoms with E-state index in [1.165, 1.54) is 19.2 Å². The van der Waals surface area contributed by atoms with Gasteiger partial charge in [-0.15, -0.1) is 0 Å². The van der Waals surface area contributed by atoms with Crippen molar-refractivity contribution >= 4 is 39.4 Å². The molecular formula is C8H5ClN4O4. The van der Waals surface area contributed by atoms with Crippen molar-refractivity contribution in [2.24, 2.45) is 0 Å². The molecule has 0 fully saturated rings. The van der Waals surface area contributed by atoms with Gasteiger partial charge >= 0.3 is 11.1 Å². The van der Waals surface area contributed by atoms with Gasteiger partial charge in [0.25, 0.3) is 0 Å². The number of aromatic nitrogens is 2. The largest absolute Gasteiger partial charge is 0.320 e. The molecule has 1 aromatic heterocycles. The lowest BCUT2D eigenvalue weighted by Crippen LogP contribution is -2.19. The summed E-state index contributed by atoms with van der Waals surface area (Å²) in [5.74, 6) is 0. The van der Waals surface area contributed by atoms with E-state index in [-0.39, 0.29) is 22.4 Å². The molecule has 0 aliphatic heterocycles. The van der Waals surface area contributed by atoms with E-state index in [0.29, 0.717) is 0 Å². The minimum Gasteiger partial charge on any atom is -0.300 e.